The second-order valence-electron chi connectivity index (χ2n) is 6.86. The molecule has 1 N–H and O–H groups in total. The van der Waals surface area contributed by atoms with E-state index in [1.54, 1.807) is 12.1 Å². The molecule has 0 aromatic heterocycles. The van der Waals surface area contributed by atoms with Gasteiger partial charge in [-0.2, -0.15) is 9.48 Å². The predicted molar refractivity (Wildman–Crippen MR) is 112 cm³/mol. The number of benzene rings is 1. The van der Waals surface area contributed by atoms with Crippen molar-refractivity contribution in [1.29, 1.82) is 0 Å². The third-order valence-corrected chi connectivity index (χ3v) is 4.54. The molecule has 0 atom stereocenters. The second kappa shape index (κ2) is 8.72. The Morgan fingerprint density at radius 1 is 1.24 bits per heavy atom. The van der Waals surface area contributed by atoms with E-state index in [1.807, 2.05) is 19.1 Å². The van der Waals surface area contributed by atoms with Crippen molar-refractivity contribution in [2.24, 2.45) is 9.98 Å². The lowest BCUT2D eigenvalue weighted by Gasteiger charge is -2.20. The molecule has 0 fully saturated rings. The fourth-order valence-corrected chi connectivity index (χ4v) is 3.14. The average molecular weight is 394 g/mol. The van der Waals surface area contributed by atoms with Crippen LogP contribution in [0.25, 0.3) is 0 Å². The van der Waals surface area contributed by atoms with Gasteiger partial charge in [-0.05, 0) is 24.1 Å². The Labute approximate surface area is 169 Å². The Balaban J connectivity index is 1.88. The van der Waals surface area contributed by atoms with Crippen molar-refractivity contribution in [3.05, 3.63) is 42.5 Å². The van der Waals surface area contributed by atoms with Gasteiger partial charge < -0.3 is 5.32 Å². The molecule has 29 heavy (non-hydrogen) atoms. The number of carbonyl (C=O) groups is 3. The normalized spacial score (nSPS) is 15.9. The van der Waals surface area contributed by atoms with Crippen LogP contribution in [0.5, 0.6) is 0 Å². The summed E-state index contributed by atoms with van der Waals surface area (Å²) in [5, 5.41) is 2.72. The van der Waals surface area contributed by atoms with Crippen molar-refractivity contribution in [3.8, 4) is 0 Å². The van der Waals surface area contributed by atoms with Gasteiger partial charge in [-0.15, -0.1) is 0 Å². The van der Waals surface area contributed by atoms with Crippen LogP contribution in [-0.4, -0.2) is 57.8 Å². The lowest BCUT2D eigenvalue weighted by atomic mass is 10.1. The minimum absolute atomic E-state index is 0.131. The van der Waals surface area contributed by atoms with Gasteiger partial charge in [0.15, 0.2) is 0 Å². The van der Waals surface area contributed by atoms with Crippen LogP contribution < -0.4 is 5.32 Å². The van der Waals surface area contributed by atoms with E-state index in [4.69, 9.17) is 0 Å². The summed E-state index contributed by atoms with van der Waals surface area (Å²) in [6.45, 7) is 7.73. The molecule has 1 aromatic carbocycles. The first kappa shape index (κ1) is 20.3. The summed E-state index contributed by atoms with van der Waals surface area (Å²) >= 11 is 0. The number of carbonyl (C=O) groups excluding carboxylic acids is 3. The molecule has 150 valence electrons. The summed E-state index contributed by atoms with van der Waals surface area (Å²) < 4.78 is 1.53. The van der Waals surface area contributed by atoms with Crippen LogP contribution in [0.4, 0.5) is 10.5 Å². The molecule has 4 amide bonds. The van der Waals surface area contributed by atoms with Crippen LogP contribution >= 0.6 is 0 Å². The first-order valence-corrected chi connectivity index (χ1v) is 9.59. The zero-order chi connectivity index (χ0) is 21.0. The number of imide groups is 1. The quantitative estimate of drug-likeness (QED) is 0.542. The maximum atomic E-state index is 12.8. The van der Waals surface area contributed by atoms with Gasteiger partial charge in [0.25, 0.3) is 0 Å². The molecular formula is C21H24N5O3+. The molecule has 0 bridgehead atoms. The minimum atomic E-state index is -0.447. The first-order chi connectivity index (χ1) is 13.9. The third-order valence-electron chi connectivity index (χ3n) is 4.54. The summed E-state index contributed by atoms with van der Waals surface area (Å²) in [5.41, 5.74) is 1.84. The number of hydrogen-bond acceptors (Lipinski definition) is 5. The Hall–Kier alpha value is -3.42. The van der Waals surface area contributed by atoms with Gasteiger partial charge in [0, 0.05) is 19.0 Å². The van der Waals surface area contributed by atoms with Gasteiger partial charge in [-0.1, -0.05) is 43.1 Å². The minimum Gasteiger partial charge on any atom is -0.326 e. The summed E-state index contributed by atoms with van der Waals surface area (Å²) in [6.07, 6.45) is 3.65. The van der Waals surface area contributed by atoms with E-state index in [1.165, 1.54) is 17.6 Å². The number of aliphatic imine (C=N–C) groups is 2. The molecule has 2 aliphatic rings. The number of nitrogens with zero attached hydrogens (tertiary/aromatic N) is 4. The van der Waals surface area contributed by atoms with Crippen molar-refractivity contribution in [3.63, 3.8) is 0 Å². The van der Waals surface area contributed by atoms with Gasteiger partial charge >= 0.3 is 17.8 Å². The fraction of sp³-hybridized carbons (Fsp3) is 0.333. The Kier molecular flexibility index (Phi) is 6.11. The largest absolute Gasteiger partial charge is 0.446 e. The van der Waals surface area contributed by atoms with E-state index >= 15 is 0 Å². The SMILES string of the molecule is C=CCN1C(=O)C2=NC(Cc3ccc(NC(C)=O)cc3)=NC2=[N+](CCCC)C1=O. The molecule has 2 heterocycles. The number of amidine groups is 2. The highest BCUT2D eigenvalue weighted by Crippen LogP contribution is 2.16. The van der Waals surface area contributed by atoms with Gasteiger partial charge in [0.1, 0.15) is 0 Å². The topological polar surface area (TPSA) is 94.2 Å². The standard InChI is InChI=1S/C21H23N5O3/c1-4-6-12-25-19-18(20(28)26(11-5-2)21(25)29)23-17(24-19)13-15-7-9-16(10-8-15)22-14(3)27/h5,7-10H,2,4,6,11-13H2,1,3H3/p+1. The maximum absolute atomic E-state index is 12.8. The molecule has 8 nitrogen and oxygen atoms in total. The highest BCUT2D eigenvalue weighted by atomic mass is 16.2. The van der Waals surface area contributed by atoms with Gasteiger partial charge in [-0.25, -0.2) is 14.6 Å². The number of amides is 4. The molecule has 0 aliphatic carbocycles. The molecule has 0 saturated heterocycles. The molecule has 3 rings (SSSR count). The van der Waals surface area contributed by atoms with Crippen LogP contribution in [0.15, 0.2) is 46.9 Å². The summed E-state index contributed by atoms with van der Waals surface area (Å²) in [4.78, 5) is 46.7. The van der Waals surface area contributed by atoms with Crippen molar-refractivity contribution >= 4 is 40.9 Å². The first-order valence-electron chi connectivity index (χ1n) is 9.59. The number of rotatable bonds is 8. The van der Waals surface area contributed by atoms with Gasteiger partial charge in [0.2, 0.25) is 17.5 Å². The molecule has 2 aliphatic heterocycles. The Bertz CT molecular complexity index is 957. The van der Waals surface area contributed by atoms with Gasteiger partial charge in [-0.3, -0.25) is 4.79 Å². The number of hydrogen-bond donors (Lipinski definition) is 1. The highest BCUT2D eigenvalue weighted by molar-refractivity contribution is 6.70. The molecule has 0 radical (unpaired) electrons. The van der Waals surface area contributed by atoms with Crippen LogP contribution in [0.3, 0.4) is 0 Å². The van der Waals surface area contributed by atoms with Gasteiger partial charge in [0.05, 0.1) is 13.1 Å². The van der Waals surface area contributed by atoms with Crippen LogP contribution in [0.2, 0.25) is 0 Å². The monoisotopic (exact) mass is 394 g/mol. The van der Waals surface area contributed by atoms with E-state index in [0.29, 0.717) is 30.3 Å². The van der Waals surface area contributed by atoms with Crippen molar-refractivity contribution in [1.82, 2.24) is 4.90 Å². The average Bonchev–Trinajstić information content (AvgIpc) is 3.10. The molecule has 0 spiro atoms. The Morgan fingerprint density at radius 2 is 1.97 bits per heavy atom. The lowest BCUT2D eigenvalue weighted by molar-refractivity contribution is -0.436. The number of unbranched alkanes of at least 4 members (excludes halogenated alkanes) is 1. The zero-order valence-electron chi connectivity index (χ0n) is 16.6. The van der Waals surface area contributed by atoms with E-state index in [0.717, 1.165) is 23.3 Å². The molecule has 0 unspecified atom stereocenters. The number of anilines is 1. The number of fused-ring (bicyclic) bond motifs is 1. The van der Waals surface area contributed by atoms with Crippen LogP contribution in [-0.2, 0) is 16.0 Å². The van der Waals surface area contributed by atoms with E-state index < -0.39 is 5.91 Å². The highest BCUT2D eigenvalue weighted by Gasteiger charge is 2.46. The smallest absolute Gasteiger partial charge is 0.326 e. The summed E-state index contributed by atoms with van der Waals surface area (Å²) in [6, 6.07) is 6.95. The molecule has 1 aromatic rings. The van der Waals surface area contributed by atoms with Crippen LogP contribution in [0, 0.1) is 0 Å². The second-order valence-corrected chi connectivity index (χ2v) is 6.86. The predicted octanol–water partition coefficient (Wildman–Crippen LogP) is 2.40. The van der Waals surface area contributed by atoms with E-state index in [-0.39, 0.29) is 24.2 Å². The summed E-state index contributed by atoms with van der Waals surface area (Å²) in [5.74, 6) is 0.227. The Morgan fingerprint density at radius 3 is 2.59 bits per heavy atom. The summed E-state index contributed by atoms with van der Waals surface area (Å²) in [7, 11) is 0. The van der Waals surface area contributed by atoms with Crippen molar-refractivity contribution in [2.45, 2.75) is 33.1 Å². The maximum Gasteiger partial charge on any atom is 0.446 e. The zero-order valence-corrected chi connectivity index (χ0v) is 16.6. The third kappa shape index (κ3) is 4.37. The van der Waals surface area contributed by atoms with Crippen LogP contribution in [0.1, 0.15) is 32.3 Å². The fourth-order valence-electron chi connectivity index (χ4n) is 3.14. The lowest BCUT2D eigenvalue weighted by Crippen LogP contribution is -2.54. The molecule has 0 saturated carbocycles. The van der Waals surface area contributed by atoms with Crippen molar-refractivity contribution in [2.75, 3.05) is 18.4 Å². The van der Waals surface area contributed by atoms with E-state index in [2.05, 4.69) is 21.9 Å². The van der Waals surface area contributed by atoms with E-state index in [9.17, 15) is 14.4 Å². The molecule has 8 heteroatoms. The number of nitrogens with one attached hydrogen (secondary N) is 1. The number of urea groups is 1. The molecular weight excluding hydrogens is 370 g/mol. The van der Waals surface area contributed by atoms with Crippen molar-refractivity contribution < 1.29 is 19.0 Å².